The standard InChI is InChI=1S/C22H37NO3/c1-2-3-5-9-18(24)11-12-19-20-14-16(13-17(20)15-21(19)25)8-6-4-7-10-22(23)26/h8,11-12,17-21,24-25H,2-7,9-10,13-15H2,1H3,(H2,23,26)/b12-11+,16-8?/t17-,18-,19+,20-,21+/m0/s1. The minimum Gasteiger partial charge on any atom is -0.392 e. The van der Waals surface area contributed by atoms with Crippen LogP contribution in [0.25, 0.3) is 0 Å². The maximum absolute atomic E-state index is 10.8. The van der Waals surface area contributed by atoms with E-state index in [1.807, 2.05) is 6.08 Å². The van der Waals surface area contributed by atoms with Crippen molar-refractivity contribution in [3.63, 3.8) is 0 Å². The molecule has 2 saturated carbocycles. The van der Waals surface area contributed by atoms with Crippen molar-refractivity contribution >= 4 is 5.91 Å². The highest BCUT2D eigenvalue weighted by atomic mass is 16.3. The van der Waals surface area contributed by atoms with Crippen LogP contribution >= 0.6 is 0 Å². The van der Waals surface area contributed by atoms with E-state index in [1.54, 1.807) is 0 Å². The summed E-state index contributed by atoms with van der Waals surface area (Å²) in [5.41, 5.74) is 6.68. The van der Waals surface area contributed by atoms with Crippen molar-refractivity contribution in [1.29, 1.82) is 0 Å². The van der Waals surface area contributed by atoms with Gasteiger partial charge in [-0.05, 0) is 56.8 Å². The number of hydrogen-bond donors (Lipinski definition) is 3. The number of rotatable bonds is 11. The van der Waals surface area contributed by atoms with E-state index in [1.165, 1.54) is 12.0 Å². The van der Waals surface area contributed by atoms with E-state index in [-0.39, 0.29) is 24.0 Å². The van der Waals surface area contributed by atoms with Crippen molar-refractivity contribution in [3.8, 4) is 0 Å². The Kier molecular flexibility index (Phi) is 8.86. The summed E-state index contributed by atoms with van der Waals surface area (Å²) < 4.78 is 0. The molecular formula is C22H37NO3. The summed E-state index contributed by atoms with van der Waals surface area (Å²) in [5, 5.41) is 20.5. The van der Waals surface area contributed by atoms with Gasteiger partial charge in [0, 0.05) is 12.3 Å². The smallest absolute Gasteiger partial charge is 0.217 e. The number of fused-ring (bicyclic) bond motifs is 1. The SMILES string of the molecule is CCCCC[C@H](O)/C=C/[C@@H]1[C@H]2CC(=CCCCCC(N)=O)C[C@H]2C[C@H]1O. The van der Waals surface area contributed by atoms with Gasteiger partial charge in [-0.15, -0.1) is 0 Å². The zero-order valence-corrected chi connectivity index (χ0v) is 16.3. The number of nitrogens with two attached hydrogens (primary N) is 1. The molecule has 2 fully saturated rings. The second-order valence-electron chi connectivity index (χ2n) is 8.24. The van der Waals surface area contributed by atoms with Crippen LogP contribution in [-0.2, 0) is 4.79 Å². The Bertz CT molecular complexity index is 500. The van der Waals surface area contributed by atoms with Gasteiger partial charge in [0.15, 0.2) is 0 Å². The van der Waals surface area contributed by atoms with Gasteiger partial charge in [-0.1, -0.05) is 50.0 Å². The summed E-state index contributed by atoms with van der Waals surface area (Å²) in [7, 11) is 0. The quantitative estimate of drug-likeness (QED) is 0.385. The predicted octanol–water partition coefficient (Wildman–Crippen LogP) is 3.86. The van der Waals surface area contributed by atoms with E-state index in [9.17, 15) is 15.0 Å². The third-order valence-electron chi connectivity index (χ3n) is 6.08. The second kappa shape index (κ2) is 10.9. The summed E-state index contributed by atoms with van der Waals surface area (Å²) in [6.45, 7) is 2.17. The lowest BCUT2D eigenvalue weighted by Gasteiger charge is -2.17. The lowest BCUT2D eigenvalue weighted by atomic mass is 9.90. The zero-order valence-electron chi connectivity index (χ0n) is 16.3. The molecule has 4 N–H and O–H groups in total. The van der Waals surface area contributed by atoms with Gasteiger partial charge in [0.25, 0.3) is 0 Å². The van der Waals surface area contributed by atoms with Crippen LogP contribution in [0.1, 0.15) is 77.6 Å². The van der Waals surface area contributed by atoms with Crippen LogP contribution in [-0.4, -0.2) is 28.3 Å². The van der Waals surface area contributed by atoms with E-state index in [0.29, 0.717) is 18.3 Å². The number of carbonyl (C=O) groups is 1. The number of aliphatic hydroxyl groups is 2. The first kappa shape index (κ1) is 21.2. The van der Waals surface area contributed by atoms with Crippen molar-refractivity contribution < 1.29 is 15.0 Å². The number of aliphatic hydroxyl groups excluding tert-OH is 2. The van der Waals surface area contributed by atoms with Crippen molar-refractivity contribution in [2.75, 3.05) is 0 Å². The summed E-state index contributed by atoms with van der Waals surface area (Å²) in [4.78, 5) is 10.8. The first-order chi connectivity index (χ1) is 12.5. The largest absolute Gasteiger partial charge is 0.392 e. The van der Waals surface area contributed by atoms with Crippen LogP contribution in [0.4, 0.5) is 0 Å². The molecule has 2 aliphatic rings. The molecule has 0 spiro atoms. The highest BCUT2D eigenvalue weighted by Gasteiger charge is 2.44. The van der Waals surface area contributed by atoms with E-state index in [2.05, 4.69) is 19.1 Å². The van der Waals surface area contributed by atoms with Crippen LogP contribution in [0.15, 0.2) is 23.8 Å². The van der Waals surface area contributed by atoms with E-state index in [0.717, 1.165) is 57.8 Å². The van der Waals surface area contributed by atoms with Gasteiger partial charge in [0.2, 0.25) is 5.91 Å². The summed E-state index contributed by atoms with van der Waals surface area (Å²) in [6, 6.07) is 0. The topological polar surface area (TPSA) is 83.5 Å². The molecule has 26 heavy (non-hydrogen) atoms. The highest BCUT2D eigenvalue weighted by Crippen LogP contribution is 2.50. The number of amides is 1. The van der Waals surface area contributed by atoms with Crippen molar-refractivity contribution in [2.24, 2.45) is 23.5 Å². The minimum absolute atomic E-state index is 0.182. The maximum Gasteiger partial charge on any atom is 0.217 e. The molecular weight excluding hydrogens is 326 g/mol. The predicted molar refractivity (Wildman–Crippen MR) is 105 cm³/mol. The van der Waals surface area contributed by atoms with Crippen LogP contribution < -0.4 is 5.73 Å². The lowest BCUT2D eigenvalue weighted by Crippen LogP contribution is -2.17. The first-order valence-corrected chi connectivity index (χ1v) is 10.5. The van der Waals surface area contributed by atoms with Gasteiger partial charge in [-0.25, -0.2) is 0 Å². The van der Waals surface area contributed by atoms with Gasteiger partial charge in [0.05, 0.1) is 12.2 Å². The van der Waals surface area contributed by atoms with Crippen LogP contribution in [0.2, 0.25) is 0 Å². The van der Waals surface area contributed by atoms with Crippen LogP contribution in [0.5, 0.6) is 0 Å². The summed E-state index contributed by atoms with van der Waals surface area (Å²) >= 11 is 0. The number of carbonyl (C=O) groups excluding carboxylic acids is 1. The fourth-order valence-corrected chi connectivity index (χ4v) is 4.65. The normalized spacial score (nSPS) is 31.0. The number of primary amides is 1. The molecule has 4 heteroatoms. The van der Waals surface area contributed by atoms with E-state index < -0.39 is 0 Å². The molecule has 0 aliphatic heterocycles. The molecule has 0 aromatic carbocycles. The Hall–Kier alpha value is -1.13. The van der Waals surface area contributed by atoms with Gasteiger partial charge >= 0.3 is 0 Å². The number of unbranched alkanes of at least 4 members (excludes halogenated alkanes) is 4. The Balaban J connectivity index is 1.79. The Morgan fingerprint density at radius 3 is 2.81 bits per heavy atom. The third kappa shape index (κ3) is 6.55. The molecule has 0 unspecified atom stereocenters. The molecule has 0 heterocycles. The van der Waals surface area contributed by atoms with Crippen LogP contribution in [0.3, 0.4) is 0 Å². The summed E-state index contributed by atoms with van der Waals surface area (Å²) in [5.74, 6) is 1.06. The van der Waals surface area contributed by atoms with Gasteiger partial charge in [-0.2, -0.15) is 0 Å². The Morgan fingerprint density at radius 2 is 2.08 bits per heavy atom. The van der Waals surface area contributed by atoms with Crippen molar-refractivity contribution in [2.45, 2.75) is 89.8 Å². The van der Waals surface area contributed by atoms with Crippen LogP contribution in [0, 0.1) is 17.8 Å². The summed E-state index contributed by atoms with van der Waals surface area (Å²) in [6.07, 6.45) is 16.3. The first-order valence-electron chi connectivity index (χ1n) is 10.5. The average Bonchev–Trinajstić information content (AvgIpc) is 3.09. The van der Waals surface area contributed by atoms with Gasteiger partial charge in [0.1, 0.15) is 0 Å². The van der Waals surface area contributed by atoms with Gasteiger partial charge < -0.3 is 15.9 Å². The monoisotopic (exact) mass is 363 g/mol. The zero-order chi connectivity index (χ0) is 18.9. The molecule has 2 rings (SSSR count). The molecule has 2 aliphatic carbocycles. The molecule has 4 nitrogen and oxygen atoms in total. The third-order valence-corrected chi connectivity index (χ3v) is 6.08. The molecule has 148 valence electrons. The fraction of sp³-hybridized carbons (Fsp3) is 0.773. The molecule has 0 aromatic rings. The minimum atomic E-state index is -0.380. The Labute approximate surface area is 158 Å². The van der Waals surface area contributed by atoms with Crippen molar-refractivity contribution in [3.05, 3.63) is 23.8 Å². The molecule has 0 bridgehead atoms. The van der Waals surface area contributed by atoms with E-state index >= 15 is 0 Å². The second-order valence-corrected chi connectivity index (χ2v) is 8.24. The number of hydrogen-bond acceptors (Lipinski definition) is 3. The lowest BCUT2D eigenvalue weighted by molar-refractivity contribution is -0.118. The van der Waals surface area contributed by atoms with Gasteiger partial charge in [-0.3, -0.25) is 4.79 Å². The molecule has 0 radical (unpaired) electrons. The van der Waals surface area contributed by atoms with E-state index in [4.69, 9.17) is 5.73 Å². The maximum atomic E-state index is 10.8. The number of allylic oxidation sites excluding steroid dienone is 2. The molecule has 1 amide bonds. The van der Waals surface area contributed by atoms with Crippen molar-refractivity contribution in [1.82, 2.24) is 0 Å². The molecule has 0 aromatic heterocycles. The molecule has 0 saturated heterocycles. The average molecular weight is 364 g/mol. The fourth-order valence-electron chi connectivity index (χ4n) is 4.65. The Morgan fingerprint density at radius 1 is 1.27 bits per heavy atom. The molecule has 5 atom stereocenters. The highest BCUT2D eigenvalue weighted by molar-refractivity contribution is 5.73.